The van der Waals surface area contributed by atoms with Crippen LogP contribution in [0.15, 0.2) is 24.3 Å². The summed E-state index contributed by atoms with van der Waals surface area (Å²) in [5.41, 5.74) is 1.61. The summed E-state index contributed by atoms with van der Waals surface area (Å²) in [5.74, 6) is 0.431. The third kappa shape index (κ3) is 3.65. The Morgan fingerprint density at radius 2 is 1.75 bits per heavy atom. The van der Waals surface area contributed by atoms with Gasteiger partial charge in [0, 0.05) is 12.1 Å². The minimum absolute atomic E-state index is 0.159. The van der Waals surface area contributed by atoms with Crippen LogP contribution < -0.4 is 0 Å². The molecule has 0 amide bonds. The van der Waals surface area contributed by atoms with E-state index >= 15 is 0 Å². The molecule has 0 heterocycles. The minimum atomic E-state index is -0.363. The fourth-order valence-electron chi connectivity index (χ4n) is 1.96. The van der Waals surface area contributed by atoms with E-state index < -0.39 is 0 Å². The van der Waals surface area contributed by atoms with Gasteiger partial charge in [0.2, 0.25) is 0 Å². The van der Waals surface area contributed by atoms with Gasteiger partial charge in [0.25, 0.3) is 5.69 Å². The Hall–Kier alpha value is -1.38. The van der Waals surface area contributed by atoms with Crippen molar-refractivity contribution in [3.63, 3.8) is 0 Å². The number of hydrogen-bond donors (Lipinski definition) is 0. The van der Waals surface area contributed by atoms with Gasteiger partial charge in [-0.25, -0.2) is 0 Å². The molecule has 1 rings (SSSR count). The minimum Gasteiger partial charge on any atom is -0.258 e. The molecule has 0 aromatic heterocycles. The van der Waals surface area contributed by atoms with Gasteiger partial charge in [-0.2, -0.15) is 0 Å². The van der Waals surface area contributed by atoms with Gasteiger partial charge in [-0.1, -0.05) is 39.8 Å². The zero-order chi connectivity index (χ0) is 12.3. The fourth-order valence-corrected chi connectivity index (χ4v) is 1.96. The zero-order valence-electron chi connectivity index (χ0n) is 10.4. The molecule has 0 radical (unpaired) electrons. The van der Waals surface area contributed by atoms with Crippen LogP contribution >= 0.6 is 0 Å². The summed E-state index contributed by atoms with van der Waals surface area (Å²) in [5, 5.41) is 10.5. The number of rotatable bonds is 3. The second-order valence-electron chi connectivity index (χ2n) is 5.51. The van der Waals surface area contributed by atoms with Crippen molar-refractivity contribution < 1.29 is 4.92 Å². The summed E-state index contributed by atoms with van der Waals surface area (Å²) in [6.45, 7) is 8.77. The van der Waals surface area contributed by atoms with Crippen LogP contribution in [0.3, 0.4) is 0 Å². The Morgan fingerprint density at radius 3 is 2.12 bits per heavy atom. The van der Waals surface area contributed by atoms with Gasteiger partial charge >= 0.3 is 0 Å². The van der Waals surface area contributed by atoms with Crippen LogP contribution in [-0.2, 0) is 0 Å². The van der Waals surface area contributed by atoms with Crippen LogP contribution in [0.1, 0.15) is 45.6 Å². The lowest BCUT2D eigenvalue weighted by Crippen LogP contribution is -2.09. The molecule has 3 nitrogen and oxygen atoms in total. The molecule has 0 aliphatic heterocycles. The highest BCUT2D eigenvalue weighted by molar-refractivity contribution is 5.34. The third-order valence-corrected chi connectivity index (χ3v) is 2.59. The molecule has 0 aliphatic rings. The number of hydrogen-bond acceptors (Lipinski definition) is 2. The monoisotopic (exact) mass is 221 g/mol. The highest BCUT2D eigenvalue weighted by Gasteiger charge is 2.17. The topological polar surface area (TPSA) is 43.1 Å². The number of nitrogens with zero attached hydrogens (tertiary/aromatic N) is 1. The van der Waals surface area contributed by atoms with Crippen LogP contribution in [0.5, 0.6) is 0 Å². The maximum Gasteiger partial charge on any atom is 0.269 e. The van der Waals surface area contributed by atoms with E-state index in [1.807, 2.05) is 12.1 Å². The van der Waals surface area contributed by atoms with E-state index in [9.17, 15) is 10.1 Å². The zero-order valence-corrected chi connectivity index (χ0v) is 10.4. The third-order valence-electron chi connectivity index (χ3n) is 2.59. The van der Waals surface area contributed by atoms with Crippen LogP contribution in [-0.4, -0.2) is 4.92 Å². The van der Waals surface area contributed by atoms with Crippen LogP contribution in [0, 0.1) is 15.5 Å². The molecule has 0 fully saturated rings. The average Bonchev–Trinajstić information content (AvgIpc) is 2.15. The Kier molecular flexibility index (Phi) is 3.68. The summed E-state index contributed by atoms with van der Waals surface area (Å²) in [6, 6.07) is 6.87. The quantitative estimate of drug-likeness (QED) is 0.568. The Balaban J connectivity index is 2.78. The van der Waals surface area contributed by atoms with Crippen molar-refractivity contribution in [3.8, 4) is 0 Å². The van der Waals surface area contributed by atoms with Crippen molar-refractivity contribution in [1.82, 2.24) is 0 Å². The maximum atomic E-state index is 10.5. The second kappa shape index (κ2) is 4.64. The van der Waals surface area contributed by atoms with E-state index in [2.05, 4.69) is 27.7 Å². The lowest BCUT2D eigenvalue weighted by Gasteiger charge is -2.23. The van der Waals surface area contributed by atoms with Crippen molar-refractivity contribution in [2.24, 2.45) is 5.41 Å². The van der Waals surface area contributed by atoms with Crippen LogP contribution in [0.4, 0.5) is 5.69 Å². The summed E-state index contributed by atoms with van der Waals surface area (Å²) < 4.78 is 0. The molecule has 1 aromatic rings. The smallest absolute Gasteiger partial charge is 0.258 e. The second-order valence-corrected chi connectivity index (χ2v) is 5.51. The predicted octanol–water partition coefficient (Wildman–Crippen LogP) is 4.13. The van der Waals surface area contributed by atoms with Gasteiger partial charge < -0.3 is 0 Å². The first-order valence-corrected chi connectivity index (χ1v) is 5.54. The fraction of sp³-hybridized carbons (Fsp3) is 0.538. The highest BCUT2D eigenvalue weighted by Crippen LogP contribution is 2.31. The number of non-ortho nitro benzene ring substituents is 1. The lowest BCUT2D eigenvalue weighted by atomic mass is 9.82. The van der Waals surface area contributed by atoms with Gasteiger partial charge in [0.05, 0.1) is 4.92 Å². The molecule has 0 aliphatic carbocycles. The molecule has 1 aromatic carbocycles. The first-order valence-electron chi connectivity index (χ1n) is 5.54. The normalized spacial score (nSPS) is 13.5. The molecular formula is C13H19NO2. The molecular weight excluding hydrogens is 202 g/mol. The van der Waals surface area contributed by atoms with Crippen molar-refractivity contribution >= 4 is 5.69 Å². The predicted molar refractivity (Wildman–Crippen MR) is 65.6 cm³/mol. The summed E-state index contributed by atoms with van der Waals surface area (Å²) >= 11 is 0. The van der Waals surface area contributed by atoms with Gasteiger partial charge in [0.15, 0.2) is 0 Å². The van der Waals surface area contributed by atoms with E-state index in [4.69, 9.17) is 0 Å². The van der Waals surface area contributed by atoms with Gasteiger partial charge in [0.1, 0.15) is 0 Å². The molecule has 0 spiro atoms. The van der Waals surface area contributed by atoms with Crippen molar-refractivity contribution in [2.45, 2.75) is 40.0 Å². The van der Waals surface area contributed by atoms with Crippen molar-refractivity contribution in [1.29, 1.82) is 0 Å². The number of nitro benzene ring substituents is 1. The summed E-state index contributed by atoms with van der Waals surface area (Å²) in [4.78, 5) is 10.2. The molecule has 1 atom stereocenters. The molecule has 88 valence electrons. The van der Waals surface area contributed by atoms with Gasteiger partial charge in [-0.15, -0.1) is 0 Å². The molecule has 0 saturated carbocycles. The van der Waals surface area contributed by atoms with Crippen LogP contribution in [0.2, 0.25) is 0 Å². The van der Waals surface area contributed by atoms with E-state index in [0.717, 1.165) is 6.42 Å². The summed E-state index contributed by atoms with van der Waals surface area (Å²) in [6.07, 6.45) is 1.07. The van der Waals surface area contributed by atoms with Gasteiger partial charge in [-0.05, 0) is 23.3 Å². The molecule has 0 unspecified atom stereocenters. The Morgan fingerprint density at radius 1 is 1.25 bits per heavy atom. The molecule has 16 heavy (non-hydrogen) atoms. The van der Waals surface area contributed by atoms with E-state index in [-0.39, 0.29) is 16.0 Å². The number of benzene rings is 1. The Bertz CT molecular complexity index is 363. The first-order chi connectivity index (χ1) is 7.29. The molecule has 3 heteroatoms. The van der Waals surface area contributed by atoms with E-state index in [0.29, 0.717) is 5.92 Å². The van der Waals surface area contributed by atoms with Crippen molar-refractivity contribution in [2.75, 3.05) is 0 Å². The first kappa shape index (κ1) is 12.7. The number of nitro groups is 1. The van der Waals surface area contributed by atoms with E-state index in [1.54, 1.807) is 12.1 Å². The van der Waals surface area contributed by atoms with Crippen molar-refractivity contribution in [3.05, 3.63) is 39.9 Å². The SMILES string of the molecule is C[C@@H](CC(C)(C)C)c1ccc([N+](=O)[O-])cc1. The largest absolute Gasteiger partial charge is 0.269 e. The average molecular weight is 221 g/mol. The lowest BCUT2D eigenvalue weighted by molar-refractivity contribution is -0.384. The Labute approximate surface area is 96.6 Å². The van der Waals surface area contributed by atoms with Crippen LogP contribution in [0.25, 0.3) is 0 Å². The standard InChI is InChI=1S/C13H19NO2/c1-10(9-13(2,3)4)11-5-7-12(8-6-11)14(15)16/h5-8,10H,9H2,1-4H3/t10-/m0/s1. The molecule has 0 bridgehead atoms. The van der Waals surface area contributed by atoms with E-state index in [1.165, 1.54) is 5.56 Å². The maximum absolute atomic E-state index is 10.5. The summed E-state index contributed by atoms with van der Waals surface area (Å²) in [7, 11) is 0. The highest BCUT2D eigenvalue weighted by atomic mass is 16.6. The molecule has 0 saturated heterocycles. The van der Waals surface area contributed by atoms with Gasteiger partial charge in [-0.3, -0.25) is 10.1 Å². The molecule has 0 N–H and O–H groups in total.